The van der Waals surface area contributed by atoms with Gasteiger partial charge in [0.25, 0.3) is 0 Å². The number of carbonyl (C=O) groups is 1. The number of hydrazine groups is 1. The zero-order chi connectivity index (χ0) is 18.6. The van der Waals surface area contributed by atoms with Gasteiger partial charge in [-0.25, -0.2) is 10.9 Å². The molecule has 2 saturated heterocycles. The number of carbonyl (C=O) groups excluding carboxylic acids is 1. The van der Waals surface area contributed by atoms with Crippen LogP contribution < -0.4 is 21.5 Å². The molecule has 0 radical (unpaired) electrons. The average Bonchev–Trinajstić information content (AvgIpc) is 3.41. The lowest BCUT2D eigenvalue weighted by atomic mass is 9.98. The van der Waals surface area contributed by atoms with Crippen molar-refractivity contribution in [3.63, 3.8) is 0 Å². The van der Waals surface area contributed by atoms with E-state index >= 15 is 0 Å². The van der Waals surface area contributed by atoms with Crippen molar-refractivity contribution in [3.8, 4) is 6.07 Å². The Morgan fingerprint density at radius 1 is 1.11 bits per heavy atom. The minimum Gasteiger partial charge on any atom is -0.325 e. The average molecular weight is 361 g/mol. The van der Waals surface area contributed by atoms with Gasteiger partial charge in [0.2, 0.25) is 5.91 Å². The maximum Gasteiger partial charge on any atom is 0.242 e. The summed E-state index contributed by atoms with van der Waals surface area (Å²) in [7, 11) is 0. The van der Waals surface area contributed by atoms with Gasteiger partial charge in [-0.3, -0.25) is 4.79 Å². The molecule has 2 aliphatic heterocycles. The van der Waals surface area contributed by atoms with E-state index in [2.05, 4.69) is 39.7 Å². The standard InChI is InChI=1S/C21H23N5O/c22-12-14-2-1-3-16(10-14)19-11-20(26-25-19)21(27)24-18-6-4-15(5-7-18)17-8-9-23-13-17/h1-7,10,17,19-20,23,25-26H,8-9,11,13H2,(H,24,27). The molecule has 0 bridgehead atoms. The van der Waals surface area contributed by atoms with Crippen molar-refractivity contribution >= 4 is 11.6 Å². The highest BCUT2D eigenvalue weighted by Crippen LogP contribution is 2.25. The number of hydrogen-bond acceptors (Lipinski definition) is 5. The highest BCUT2D eigenvalue weighted by atomic mass is 16.2. The van der Waals surface area contributed by atoms with Crippen molar-refractivity contribution in [1.29, 1.82) is 5.26 Å². The van der Waals surface area contributed by atoms with E-state index in [0.29, 0.717) is 17.9 Å². The topological polar surface area (TPSA) is 89.0 Å². The third kappa shape index (κ3) is 4.01. The molecule has 138 valence electrons. The second kappa shape index (κ2) is 7.89. The minimum absolute atomic E-state index is 0.00583. The van der Waals surface area contributed by atoms with Crippen LogP contribution in [0.25, 0.3) is 0 Å². The van der Waals surface area contributed by atoms with Crippen molar-refractivity contribution in [2.24, 2.45) is 0 Å². The van der Waals surface area contributed by atoms with E-state index in [1.165, 1.54) is 5.56 Å². The van der Waals surface area contributed by atoms with Crippen molar-refractivity contribution in [3.05, 3.63) is 65.2 Å². The van der Waals surface area contributed by atoms with Gasteiger partial charge in [-0.15, -0.1) is 0 Å². The van der Waals surface area contributed by atoms with Gasteiger partial charge in [0.15, 0.2) is 0 Å². The second-order valence-electron chi connectivity index (χ2n) is 7.17. The molecule has 3 unspecified atom stereocenters. The molecule has 0 spiro atoms. The van der Waals surface area contributed by atoms with Gasteiger partial charge in [-0.05, 0) is 60.7 Å². The fourth-order valence-electron chi connectivity index (χ4n) is 3.78. The van der Waals surface area contributed by atoms with Crippen LogP contribution >= 0.6 is 0 Å². The SMILES string of the molecule is N#Cc1cccc(C2CC(C(=O)Nc3ccc(C4CCNC4)cc3)NN2)c1. The third-order valence-electron chi connectivity index (χ3n) is 5.35. The van der Waals surface area contributed by atoms with E-state index in [-0.39, 0.29) is 18.0 Å². The number of nitriles is 1. The molecule has 2 aliphatic rings. The zero-order valence-corrected chi connectivity index (χ0v) is 15.0. The summed E-state index contributed by atoms with van der Waals surface area (Å²) >= 11 is 0. The summed E-state index contributed by atoms with van der Waals surface area (Å²) in [5.74, 6) is 0.511. The van der Waals surface area contributed by atoms with Gasteiger partial charge < -0.3 is 10.6 Å². The molecule has 6 nitrogen and oxygen atoms in total. The summed E-state index contributed by atoms with van der Waals surface area (Å²) in [5.41, 5.74) is 9.98. The Bertz CT molecular complexity index is 852. The fraction of sp³-hybridized carbons (Fsp3) is 0.333. The van der Waals surface area contributed by atoms with Crippen LogP contribution in [0.4, 0.5) is 5.69 Å². The maximum absolute atomic E-state index is 12.6. The summed E-state index contributed by atoms with van der Waals surface area (Å²) in [6.07, 6.45) is 1.80. The number of benzene rings is 2. The summed E-state index contributed by atoms with van der Waals surface area (Å²) in [6, 6.07) is 17.5. The van der Waals surface area contributed by atoms with E-state index in [0.717, 1.165) is 30.8 Å². The van der Waals surface area contributed by atoms with Crippen LogP contribution in [-0.4, -0.2) is 25.0 Å². The van der Waals surface area contributed by atoms with Crippen LogP contribution in [0.1, 0.15) is 41.5 Å². The molecule has 2 aromatic rings. The van der Waals surface area contributed by atoms with Gasteiger partial charge in [-0.1, -0.05) is 24.3 Å². The Balaban J connectivity index is 1.35. The molecule has 0 aromatic heterocycles. The smallest absolute Gasteiger partial charge is 0.242 e. The normalized spacial score (nSPS) is 24.5. The lowest BCUT2D eigenvalue weighted by Crippen LogP contribution is -2.39. The van der Waals surface area contributed by atoms with Gasteiger partial charge in [0.1, 0.15) is 6.04 Å². The number of amides is 1. The van der Waals surface area contributed by atoms with Crippen molar-refractivity contribution in [1.82, 2.24) is 16.2 Å². The highest BCUT2D eigenvalue weighted by Gasteiger charge is 2.30. The molecule has 3 atom stereocenters. The first-order valence-electron chi connectivity index (χ1n) is 9.35. The first kappa shape index (κ1) is 17.7. The summed E-state index contributed by atoms with van der Waals surface area (Å²) < 4.78 is 0. The monoisotopic (exact) mass is 361 g/mol. The second-order valence-corrected chi connectivity index (χ2v) is 7.17. The highest BCUT2D eigenvalue weighted by molar-refractivity contribution is 5.95. The molecule has 6 heteroatoms. The van der Waals surface area contributed by atoms with Crippen molar-refractivity contribution in [2.45, 2.75) is 30.8 Å². The third-order valence-corrected chi connectivity index (χ3v) is 5.35. The number of nitrogens with one attached hydrogen (secondary N) is 4. The van der Waals surface area contributed by atoms with E-state index < -0.39 is 0 Å². The molecule has 0 aliphatic carbocycles. The molecule has 27 heavy (non-hydrogen) atoms. The molecule has 1 amide bonds. The van der Waals surface area contributed by atoms with Crippen LogP contribution in [-0.2, 0) is 4.79 Å². The van der Waals surface area contributed by atoms with Crippen LogP contribution in [0.5, 0.6) is 0 Å². The Labute approximate surface area is 158 Å². The van der Waals surface area contributed by atoms with E-state index in [4.69, 9.17) is 5.26 Å². The number of nitrogens with zero attached hydrogens (tertiary/aromatic N) is 1. The van der Waals surface area contributed by atoms with E-state index in [9.17, 15) is 4.79 Å². The number of rotatable bonds is 4. The molecule has 0 saturated carbocycles. The van der Waals surface area contributed by atoms with Crippen molar-refractivity contribution < 1.29 is 4.79 Å². The van der Waals surface area contributed by atoms with Gasteiger partial charge in [0.05, 0.1) is 11.6 Å². The summed E-state index contributed by atoms with van der Waals surface area (Å²) in [5, 5.41) is 15.4. The Morgan fingerprint density at radius 3 is 2.70 bits per heavy atom. The van der Waals surface area contributed by atoms with E-state index in [1.807, 2.05) is 30.3 Å². The molecule has 4 N–H and O–H groups in total. The van der Waals surface area contributed by atoms with Crippen LogP contribution in [0.3, 0.4) is 0 Å². The maximum atomic E-state index is 12.6. The Morgan fingerprint density at radius 2 is 1.96 bits per heavy atom. The quantitative estimate of drug-likeness (QED) is 0.670. The molecular formula is C21H23N5O. The van der Waals surface area contributed by atoms with Crippen LogP contribution in [0.2, 0.25) is 0 Å². The predicted molar refractivity (Wildman–Crippen MR) is 104 cm³/mol. The molecule has 2 heterocycles. The van der Waals surface area contributed by atoms with Gasteiger partial charge in [-0.2, -0.15) is 5.26 Å². The minimum atomic E-state index is -0.320. The molecule has 4 rings (SSSR count). The van der Waals surface area contributed by atoms with E-state index in [1.54, 1.807) is 6.07 Å². The van der Waals surface area contributed by atoms with Crippen LogP contribution in [0.15, 0.2) is 48.5 Å². The first-order valence-corrected chi connectivity index (χ1v) is 9.35. The zero-order valence-electron chi connectivity index (χ0n) is 15.0. The Hall–Kier alpha value is -2.72. The predicted octanol–water partition coefficient (Wildman–Crippen LogP) is 2.18. The van der Waals surface area contributed by atoms with Gasteiger partial charge >= 0.3 is 0 Å². The van der Waals surface area contributed by atoms with Crippen molar-refractivity contribution in [2.75, 3.05) is 18.4 Å². The number of hydrogen-bond donors (Lipinski definition) is 4. The number of anilines is 1. The van der Waals surface area contributed by atoms with Crippen LogP contribution in [0, 0.1) is 11.3 Å². The molecule has 2 aromatic carbocycles. The summed E-state index contributed by atoms with van der Waals surface area (Å²) in [4.78, 5) is 12.6. The lowest BCUT2D eigenvalue weighted by molar-refractivity contribution is -0.117. The fourth-order valence-corrected chi connectivity index (χ4v) is 3.78. The molecule has 2 fully saturated rings. The Kier molecular flexibility index (Phi) is 5.16. The largest absolute Gasteiger partial charge is 0.325 e. The first-order chi connectivity index (χ1) is 13.2. The lowest BCUT2D eigenvalue weighted by Gasteiger charge is -2.13. The summed E-state index contributed by atoms with van der Waals surface area (Å²) in [6.45, 7) is 2.10. The molecular weight excluding hydrogens is 338 g/mol. The van der Waals surface area contributed by atoms with Gasteiger partial charge in [0, 0.05) is 18.3 Å².